The number of hydrogen-bond donors (Lipinski definition) is 0. The van der Waals surface area contributed by atoms with Crippen molar-refractivity contribution < 1.29 is 4.52 Å². The molecule has 0 bridgehead atoms. The third-order valence-corrected chi connectivity index (χ3v) is 2.21. The lowest BCUT2D eigenvalue weighted by Gasteiger charge is -2.10. The van der Waals surface area contributed by atoms with E-state index in [1.54, 1.807) is 0 Å². The van der Waals surface area contributed by atoms with Gasteiger partial charge in [0.1, 0.15) is 5.76 Å². The van der Waals surface area contributed by atoms with E-state index < -0.39 is 0 Å². The zero-order valence-electron chi connectivity index (χ0n) is 6.68. The predicted molar refractivity (Wildman–Crippen MR) is 42.4 cm³/mol. The highest BCUT2D eigenvalue weighted by molar-refractivity contribution is 5.29. The fourth-order valence-electron chi connectivity index (χ4n) is 1.51. The summed E-state index contributed by atoms with van der Waals surface area (Å²) in [6.45, 7) is 5.93. The van der Waals surface area contributed by atoms with Gasteiger partial charge in [0.05, 0.1) is 5.69 Å². The maximum absolute atomic E-state index is 5.15. The van der Waals surface area contributed by atoms with Crippen molar-refractivity contribution in [2.24, 2.45) is 0 Å². The zero-order valence-corrected chi connectivity index (χ0v) is 6.68. The molecule has 11 heavy (non-hydrogen) atoms. The summed E-state index contributed by atoms with van der Waals surface area (Å²) in [7, 11) is 0. The largest absolute Gasteiger partial charge is 0.361 e. The van der Waals surface area contributed by atoms with Crippen molar-refractivity contribution in [3.8, 4) is 0 Å². The molecule has 1 aromatic heterocycles. The first kappa shape index (κ1) is 6.65. The molecule has 2 heteroatoms. The lowest BCUT2D eigenvalue weighted by atomic mass is 9.93. The highest BCUT2D eigenvalue weighted by atomic mass is 16.5. The molecule has 1 aliphatic carbocycles. The number of nitrogens with zero attached hydrogens (tertiary/aromatic N) is 1. The normalized spacial score (nSPS) is 16.6. The van der Waals surface area contributed by atoms with Crippen LogP contribution in [0.15, 0.2) is 16.7 Å². The minimum Gasteiger partial charge on any atom is -0.361 e. The molecule has 0 radical (unpaired) electrons. The molecule has 2 nitrogen and oxygen atoms in total. The number of rotatable bonds is 0. The highest BCUT2D eigenvalue weighted by Gasteiger charge is 2.18. The van der Waals surface area contributed by atoms with Crippen LogP contribution in [0.1, 0.15) is 23.4 Å². The maximum Gasteiger partial charge on any atom is 0.144 e. The summed E-state index contributed by atoms with van der Waals surface area (Å²) < 4.78 is 5.15. The van der Waals surface area contributed by atoms with Crippen molar-refractivity contribution in [2.75, 3.05) is 0 Å². The molecule has 1 heterocycles. The quantitative estimate of drug-likeness (QED) is 0.527. The van der Waals surface area contributed by atoms with Crippen molar-refractivity contribution >= 4 is 0 Å². The minimum atomic E-state index is 0.885. The van der Waals surface area contributed by atoms with Crippen molar-refractivity contribution in [1.82, 2.24) is 5.16 Å². The van der Waals surface area contributed by atoms with Gasteiger partial charge in [-0.25, -0.2) is 0 Å². The van der Waals surface area contributed by atoms with E-state index in [1.807, 2.05) is 6.92 Å². The van der Waals surface area contributed by atoms with E-state index in [2.05, 4.69) is 11.7 Å². The average Bonchev–Trinajstić information content (AvgIpc) is 2.32. The highest BCUT2D eigenvalue weighted by Crippen LogP contribution is 2.25. The summed E-state index contributed by atoms with van der Waals surface area (Å²) in [6, 6.07) is 0. The average molecular weight is 149 g/mol. The van der Waals surface area contributed by atoms with Crippen LogP contribution in [0.4, 0.5) is 0 Å². The van der Waals surface area contributed by atoms with Gasteiger partial charge in [-0.2, -0.15) is 0 Å². The van der Waals surface area contributed by atoms with E-state index in [-0.39, 0.29) is 0 Å². The Labute approximate surface area is 65.9 Å². The van der Waals surface area contributed by atoms with E-state index >= 15 is 0 Å². The van der Waals surface area contributed by atoms with Gasteiger partial charge in [0.15, 0.2) is 0 Å². The summed E-state index contributed by atoms with van der Waals surface area (Å²) >= 11 is 0. The molecule has 0 saturated heterocycles. The van der Waals surface area contributed by atoms with Crippen LogP contribution in [0.2, 0.25) is 0 Å². The first-order valence-electron chi connectivity index (χ1n) is 3.88. The zero-order chi connectivity index (χ0) is 7.84. The molecule has 0 saturated carbocycles. The van der Waals surface area contributed by atoms with Crippen LogP contribution in [0.3, 0.4) is 0 Å². The Hall–Kier alpha value is -1.05. The third kappa shape index (κ3) is 0.985. The molecule has 0 N–H and O–H groups in total. The molecular formula is C9H11NO. The van der Waals surface area contributed by atoms with Crippen LogP contribution < -0.4 is 0 Å². The Morgan fingerprint density at radius 2 is 2.27 bits per heavy atom. The van der Waals surface area contributed by atoms with E-state index in [4.69, 9.17) is 4.52 Å². The van der Waals surface area contributed by atoms with Crippen LogP contribution in [0.25, 0.3) is 0 Å². The Morgan fingerprint density at radius 3 is 3.09 bits per heavy atom. The molecule has 0 unspecified atom stereocenters. The Kier molecular flexibility index (Phi) is 1.34. The molecule has 1 aromatic rings. The Morgan fingerprint density at radius 1 is 1.45 bits per heavy atom. The van der Waals surface area contributed by atoms with Crippen molar-refractivity contribution in [2.45, 2.75) is 26.2 Å². The van der Waals surface area contributed by atoms with Gasteiger partial charge in [-0.15, -0.1) is 0 Å². The predicted octanol–water partition coefficient (Wildman–Crippen LogP) is 2.03. The number of fused-ring (bicyclic) bond motifs is 1. The molecule has 0 fully saturated rings. The fourth-order valence-corrected chi connectivity index (χ4v) is 1.51. The number of aromatic nitrogens is 1. The van der Waals surface area contributed by atoms with Crippen LogP contribution in [0, 0.1) is 6.92 Å². The molecule has 1 aliphatic rings. The third-order valence-electron chi connectivity index (χ3n) is 2.21. The maximum atomic E-state index is 5.15. The molecule has 0 aliphatic heterocycles. The van der Waals surface area contributed by atoms with Gasteiger partial charge in [-0.3, -0.25) is 0 Å². The van der Waals surface area contributed by atoms with Crippen LogP contribution in [-0.2, 0) is 12.8 Å². The van der Waals surface area contributed by atoms with Gasteiger partial charge in [-0.05, 0) is 19.8 Å². The van der Waals surface area contributed by atoms with E-state index in [9.17, 15) is 0 Å². The van der Waals surface area contributed by atoms with Crippen molar-refractivity contribution in [3.63, 3.8) is 0 Å². The topological polar surface area (TPSA) is 26.0 Å². The van der Waals surface area contributed by atoms with Gasteiger partial charge >= 0.3 is 0 Å². The van der Waals surface area contributed by atoms with Crippen molar-refractivity contribution in [3.05, 3.63) is 29.2 Å². The number of aryl methyl sites for hydroxylation is 1. The lowest BCUT2D eigenvalue weighted by Crippen LogP contribution is -2.02. The Bertz CT molecular complexity index is 299. The molecule has 0 amide bonds. The second-order valence-electron chi connectivity index (χ2n) is 3.10. The molecular weight excluding hydrogens is 138 g/mol. The molecule has 0 aromatic carbocycles. The molecule has 58 valence electrons. The van der Waals surface area contributed by atoms with Crippen LogP contribution >= 0.6 is 0 Å². The molecule has 2 rings (SSSR count). The van der Waals surface area contributed by atoms with E-state index in [0.29, 0.717) is 0 Å². The smallest absolute Gasteiger partial charge is 0.144 e. The second-order valence-corrected chi connectivity index (χ2v) is 3.10. The SMILES string of the molecule is C=C1CCc2c(C)noc2C1. The molecule has 0 spiro atoms. The van der Waals surface area contributed by atoms with E-state index in [1.165, 1.54) is 11.1 Å². The first-order valence-corrected chi connectivity index (χ1v) is 3.88. The number of allylic oxidation sites excluding steroid dienone is 1. The van der Waals surface area contributed by atoms with Gasteiger partial charge in [-0.1, -0.05) is 17.3 Å². The summed E-state index contributed by atoms with van der Waals surface area (Å²) in [5.41, 5.74) is 3.61. The monoisotopic (exact) mass is 149 g/mol. The summed E-state index contributed by atoms with van der Waals surface area (Å²) in [5, 5.41) is 3.92. The standard InChI is InChI=1S/C9H11NO/c1-6-3-4-8-7(2)10-11-9(8)5-6/h1,3-5H2,2H3. The van der Waals surface area contributed by atoms with Crippen LogP contribution in [-0.4, -0.2) is 5.16 Å². The minimum absolute atomic E-state index is 0.885. The van der Waals surface area contributed by atoms with Gasteiger partial charge in [0.2, 0.25) is 0 Å². The Balaban J connectivity index is 2.44. The lowest BCUT2D eigenvalue weighted by molar-refractivity contribution is 0.380. The fraction of sp³-hybridized carbons (Fsp3) is 0.444. The van der Waals surface area contributed by atoms with Crippen molar-refractivity contribution in [1.29, 1.82) is 0 Å². The van der Waals surface area contributed by atoms with Gasteiger partial charge in [0.25, 0.3) is 0 Å². The first-order chi connectivity index (χ1) is 5.27. The summed E-state index contributed by atoms with van der Waals surface area (Å²) in [6.07, 6.45) is 3.04. The van der Waals surface area contributed by atoms with E-state index in [0.717, 1.165) is 30.7 Å². The van der Waals surface area contributed by atoms with Gasteiger partial charge in [0, 0.05) is 12.0 Å². The van der Waals surface area contributed by atoms with Gasteiger partial charge < -0.3 is 4.52 Å². The number of hydrogen-bond acceptors (Lipinski definition) is 2. The summed E-state index contributed by atoms with van der Waals surface area (Å²) in [4.78, 5) is 0. The summed E-state index contributed by atoms with van der Waals surface area (Å²) in [5.74, 6) is 1.03. The second kappa shape index (κ2) is 2.22. The molecule has 0 atom stereocenters. The van der Waals surface area contributed by atoms with Crippen LogP contribution in [0.5, 0.6) is 0 Å².